The van der Waals surface area contributed by atoms with Gasteiger partial charge in [-0.2, -0.15) is 0 Å². The van der Waals surface area contributed by atoms with E-state index in [1.807, 2.05) is 0 Å². The molecule has 32 heavy (non-hydrogen) atoms. The monoisotopic (exact) mass is 470 g/mol. The highest BCUT2D eigenvalue weighted by Gasteiger charge is 2.46. The van der Waals surface area contributed by atoms with Gasteiger partial charge in [-0.3, -0.25) is 14.5 Å². The maximum Gasteiger partial charge on any atom is 0.337 e. The Morgan fingerprint density at radius 3 is 2.28 bits per heavy atom. The van der Waals surface area contributed by atoms with Crippen LogP contribution in [0.3, 0.4) is 0 Å². The number of carbonyl (C=O) groups is 3. The van der Waals surface area contributed by atoms with E-state index in [0.29, 0.717) is 31.7 Å². The first-order valence-corrected chi connectivity index (χ1v) is 11.1. The van der Waals surface area contributed by atoms with E-state index >= 15 is 0 Å². The number of aryl methyl sites for hydroxylation is 3. The lowest BCUT2D eigenvalue weighted by Crippen LogP contribution is -2.31. The van der Waals surface area contributed by atoms with E-state index in [-0.39, 0.29) is 10.7 Å². The van der Waals surface area contributed by atoms with Crippen LogP contribution in [0.25, 0.3) is 0 Å². The molecule has 0 saturated heterocycles. The lowest BCUT2D eigenvalue weighted by Gasteiger charge is -2.24. The molecule has 1 atom stereocenters. The summed E-state index contributed by atoms with van der Waals surface area (Å²) in [4.78, 5) is 44.3. The molecule has 1 N–H and O–H groups in total. The predicted octanol–water partition coefficient (Wildman–Crippen LogP) is 3.49. The Balaban J connectivity index is 1.86. The third kappa shape index (κ3) is 3.59. The summed E-state index contributed by atoms with van der Waals surface area (Å²) in [5.74, 6) is -2.38. The molecule has 11 heteroatoms. The first kappa shape index (κ1) is 21.8. The van der Waals surface area contributed by atoms with Gasteiger partial charge in [0.15, 0.2) is 5.76 Å². The number of benzene rings is 1. The molecule has 9 nitrogen and oxygen atoms in total. The van der Waals surface area contributed by atoms with Crippen molar-refractivity contribution in [2.45, 2.75) is 26.8 Å². The molecule has 0 bridgehead atoms. The zero-order valence-corrected chi connectivity index (χ0v) is 19.2. The third-order valence-corrected chi connectivity index (χ3v) is 6.84. The van der Waals surface area contributed by atoms with Gasteiger partial charge in [0, 0.05) is 0 Å². The van der Waals surface area contributed by atoms with Gasteiger partial charge in [-0.1, -0.05) is 23.5 Å². The Bertz CT molecular complexity index is 1280. The number of hydrogen-bond donors (Lipinski definition) is 1. The van der Waals surface area contributed by atoms with Crippen LogP contribution in [-0.2, 0) is 9.53 Å². The summed E-state index contributed by atoms with van der Waals surface area (Å²) < 4.78 is 4.73. The van der Waals surface area contributed by atoms with Crippen molar-refractivity contribution in [2.75, 3.05) is 12.0 Å². The Hall–Kier alpha value is -3.44. The normalized spacial score (nSPS) is 16.1. The van der Waals surface area contributed by atoms with Gasteiger partial charge in [0.05, 0.1) is 39.9 Å². The van der Waals surface area contributed by atoms with Gasteiger partial charge in [0.1, 0.15) is 5.01 Å². The number of ether oxygens (including phenoxy) is 1. The van der Waals surface area contributed by atoms with E-state index in [2.05, 4.69) is 15.2 Å². The van der Waals surface area contributed by atoms with Crippen LogP contribution in [0.1, 0.15) is 47.3 Å². The fourth-order valence-corrected chi connectivity index (χ4v) is 5.11. The first-order chi connectivity index (χ1) is 15.2. The van der Waals surface area contributed by atoms with Crippen molar-refractivity contribution < 1.29 is 24.2 Å². The second kappa shape index (κ2) is 8.24. The number of aromatic nitrogens is 3. The molecule has 1 aromatic carbocycles. The minimum absolute atomic E-state index is 0.0691. The van der Waals surface area contributed by atoms with Crippen LogP contribution in [0.5, 0.6) is 0 Å². The zero-order valence-electron chi connectivity index (χ0n) is 17.6. The summed E-state index contributed by atoms with van der Waals surface area (Å²) in [6.45, 7) is 5.23. The number of aliphatic hydroxyl groups is 1. The number of rotatable bonds is 5. The SMILES string of the molecule is COC(=O)c1ccc(C2C(C(=O)c3sc(C)nc3C)=C(O)C(=O)N2c2nnc(C)s2)cc1. The van der Waals surface area contributed by atoms with Crippen molar-refractivity contribution in [2.24, 2.45) is 0 Å². The van der Waals surface area contributed by atoms with Gasteiger partial charge < -0.3 is 9.84 Å². The lowest BCUT2D eigenvalue weighted by atomic mass is 9.94. The van der Waals surface area contributed by atoms with Crippen LogP contribution in [0.2, 0.25) is 0 Å². The van der Waals surface area contributed by atoms with E-state index in [1.165, 1.54) is 46.8 Å². The minimum atomic E-state index is -0.948. The van der Waals surface area contributed by atoms with Crippen molar-refractivity contribution in [1.82, 2.24) is 15.2 Å². The summed E-state index contributed by atoms with van der Waals surface area (Å²) in [5, 5.41) is 20.4. The summed E-state index contributed by atoms with van der Waals surface area (Å²) in [5.41, 5.74) is 1.29. The molecule has 3 heterocycles. The van der Waals surface area contributed by atoms with E-state index in [4.69, 9.17) is 4.74 Å². The number of aliphatic hydroxyl groups excluding tert-OH is 1. The third-order valence-electron chi connectivity index (χ3n) is 4.93. The molecule has 1 aliphatic rings. The number of nitrogens with zero attached hydrogens (tertiary/aromatic N) is 4. The highest BCUT2D eigenvalue weighted by Crippen LogP contribution is 2.43. The number of carbonyl (C=O) groups excluding carboxylic acids is 3. The van der Waals surface area contributed by atoms with E-state index in [1.54, 1.807) is 32.9 Å². The highest BCUT2D eigenvalue weighted by atomic mass is 32.1. The molecule has 2 aromatic heterocycles. The zero-order chi connectivity index (χ0) is 23.2. The Labute approximate surface area is 191 Å². The lowest BCUT2D eigenvalue weighted by molar-refractivity contribution is -0.117. The fraction of sp³-hybridized carbons (Fsp3) is 0.238. The largest absolute Gasteiger partial charge is 0.503 e. The summed E-state index contributed by atoms with van der Waals surface area (Å²) in [6.07, 6.45) is 0. The van der Waals surface area contributed by atoms with Crippen LogP contribution in [0.15, 0.2) is 35.6 Å². The number of ketones is 1. The highest BCUT2D eigenvalue weighted by molar-refractivity contribution is 7.15. The van der Waals surface area contributed by atoms with Crippen LogP contribution < -0.4 is 4.90 Å². The molecule has 1 amide bonds. The number of amides is 1. The molecule has 0 saturated carbocycles. The molecule has 1 unspecified atom stereocenters. The summed E-state index contributed by atoms with van der Waals surface area (Å²) in [6, 6.07) is 5.35. The topological polar surface area (TPSA) is 123 Å². The number of methoxy groups -OCH3 is 1. The van der Waals surface area contributed by atoms with Gasteiger partial charge in [-0.05, 0) is 38.5 Å². The van der Waals surface area contributed by atoms with Crippen LogP contribution in [-0.4, -0.2) is 45.1 Å². The van der Waals surface area contributed by atoms with Crippen molar-refractivity contribution in [1.29, 1.82) is 0 Å². The van der Waals surface area contributed by atoms with Gasteiger partial charge in [-0.15, -0.1) is 21.5 Å². The predicted molar refractivity (Wildman–Crippen MR) is 118 cm³/mol. The molecule has 0 spiro atoms. The van der Waals surface area contributed by atoms with Crippen LogP contribution in [0.4, 0.5) is 5.13 Å². The molecule has 3 aromatic rings. The quantitative estimate of drug-likeness (QED) is 0.444. The molecule has 1 aliphatic heterocycles. The number of hydrogen-bond acceptors (Lipinski definition) is 10. The summed E-state index contributed by atoms with van der Waals surface area (Å²) in [7, 11) is 1.28. The Morgan fingerprint density at radius 1 is 1.06 bits per heavy atom. The molecule has 4 rings (SSSR count). The molecule has 164 valence electrons. The van der Waals surface area contributed by atoms with Gasteiger partial charge in [0.2, 0.25) is 10.9 Å². The molecular weight excluding hydrogens is 452 g/mol. The van der Waals surface area contributed by atoms with Crippen molar-refractivity contribution >= 4 is 45.5 Å². The standard InChI is InChI=1S/C21H18N4O5S2/c1-9-18(31-10(2)22-9)16(26)14-15(12-5-7-13(8-6-12)20(29)30-4)25(19(28)17(14)27)21-24-23-11(3)32-21/h5-8,15,27H,1-4H3. The van der Waals surface area contributed by atoms with Gasteiger partial charge in [-0.25, -0.2) is 9.78 Å². The van der Waals surface area contributed by atoms with E-state index < -0.39 is 29.5 Å². The maximum atomic E-state index is 13.5. The first-order valence-electron chi connectivity index (χ1n) is 9.46. The van der Waals surface area contributed by atoms with E-state index in [9.17, 15) is 19.5 Å². The van der Waals surface area contributed by atoms with Crippen molar-refractivity contribution in [3.63, 3.8) is 0 Å². The number of Topliss-reactive ketones (excluding diaryl/α,β-unsaturated/α-hetero) is 1. The Kier molecular flexibility index (Phi) is 5.61. The second-order valence-electron chi connectivity index (χ2n) is 7.03. The van der Waals surface area contributed by atoms with Crippen molar-refractivity contribution in [3.8, 4) is 0 Å². The second-order valence-corrected chi connectivity index (χ2v) is 9.40. The summed E-state index contributed by atoms with van der Waals surface area (Å²) >= 11 is 2.37. The van der Waals surface area contributed by atoms with Crippen molar-refractivity contribution in [3.05, 3.63) is 67.3 Å². The van der Waals surface area contributed by atoms with Gasteiger partial charge >= 0.3 is 5.97 Å². The molecule has 0 aliphatic carbocycles. The van der Waals surface area contributed by atoms with Crippen LogP contribution in [0, 0.1) is 20.8 Å². The number of anilines is 1. The molecule has 0 fully saturated rings. The average molecular weight is 471 g/mol. The van der Waals surface area contributed by atoms with Crippen LogP contribution >= 0.6 is 22.7 Å². The fourth-order valence-electron chi connectivity index (χ4n) is 3.52. The Morgan fingerprint density at radius 2 is 1.75 bits per heavy atom. The van der Waals surface area contributed by atoms with Gasteiger partial charge in [0.25, 0.3) is 5.91 Å². The number of esters is 1. The smallest absolute Gasteiger partial charge is 0.337 e. The number of thiazole rings is 1. The molecular formula is C21H18N4O5S2. The molecule has 0 radical (unpaired) electrons. The maximum absolute atomic E-state index is 13.5. The van der Waals surface area contributed by atoms with E-state index in [0.717, 1.165) is 0 Å². The average Bonchev–Trinajstić information content (AvgIpc) is 3.43. The minimum Gasteiger partial charge on any atom is -0.503 e.